The van der Waals surface area contributed by atoms with Gasteiger partial charge in [0, 0.05) is 19.2 Å². The van der Waals surface area contributed by atoms with Gasteiger partial charge in [0.2, 0.25) is 0 Å². The molecule has 1 fully saturated rings. The largest absolute Gasteiger partial charge is 0.481 e. The SMILES string of the molecule is CC1CC(C(=O)O)CN(C(=O)c2ccc([N+](=O)[O-])s2)C1. The number of nitrogens with zero attached hydrogens (tertiary/aromatic N) is 2. The zero-order chi connectivity index (χ0) is 14.9. The van der Waals surface area contributed by atoms with Gasteiger partial charge >= 0.3 is 11.0 Å². The summed E-state index contributed by atoms with van der Waals surface area (Å²) in [5, 5.41) is 19.6. The van der Waals surface area contributed by atoms with Crippen molar-refractivity contribution in [1.29, 1.82) is 0 Å². The summed E-state index contributed by atoms with van der Waals surface area (Å²) >= 11 is 0.816. The van der Waals surface area contributed by atoms with E-state index in [2.05, 4.69) is 0 Å². The van der Waals surface area contributed by atoms with Gasteiger partial charge < -0.3 is 10.0 Å². The Morgan fingerprint density at radius 2 is 2.15 bits per heavy atom. The number of hydrogen-bond acceptors (Lipinski definition) is 5. The van der Waals surface area contributed by atoms with Crippen molar-refractivity contribution < 1.29 is 19.6 Å². The third kappa shape index (κ3) is 2.96. The molecule has 0 aromatic carbocycles. The average molecular weight is 298 g/mol. The number of aliphatic carboxylic acids is 1. The Hall–Kier alpha value is -1.96. The number of thiophene rings is 1. The van der Waals surface area contributed by atoms with Gasteiger partial charge in [0.1, 0.15) is 0 Å². The number of rotatable bonds is 3. The zero-order valence-corrected chi connectivity index (χ0v) is 11.6. The maximum absolute atomic E-state index is 12.3. The lowest BCUT2D eigenvalue weighted by Crippen LogP contribution is -2.45. The second-order valence-corrected chi connectivity index (χ2v) is 6.04. The summed E-state index contributed by atoms with van der Waals surface area (Å²) in [5.74, 6) is -1.71. The first-order valence-corrected chi connectivity index (χ1v) is 6.96. The van der Waals surface area contributed by atoms with E-state index in [4.69, 9.17) is 5.11 Å². The van der Waals surface area contributed by atoms with Gasteiger partial charge in [-0.2, -0.15) is 0 Å². The van der Waals surface area contributed by atoms with E-state index in [-0.39, 0.29) is 28.2 Å². The summed E-state index contributed by atoms with van der Waals surface area (Å²) in [6, 6.07) is 2.71. The Morgan fingerprint density at radius 3 is 2.70 bits per heavy atom. The molecule has 2 unspecified atom stereocenters. The molecule has 2 heterocycles. The number of likely N-dealkylation sites (tertiary alicyclic amines) is 1. The van der Waals surface area contributed by atoms with Crippen molar-refractivity contribution in [2.75, 3.05) is 13.1 Å². The third-order valence-electron chi connectivity index (χ3n) is 3.28. The quantitative estimate of drug-likeness (QED) is 0.677. The van der Waals surface area contributed by atoms with E-state index in [0.717, 1.165) is 11.3 Å². The standard InChI is InChI=1S/C12H14N2O5S/c1-7-4-8(12(16)17)6-13(5-7)11(15)9-2-3-10(20-9)14(18)19/h2-3,7-8H,4-6H2,1H3,(H,16,17). The molecule has 1 aromatic rings. The second kappa shape index (κ2) is 5.58. The second-order valence-electron chi connectivity index (χ2n) is 4.98. The van der Waals surface area contributed by atoms with Crippen LogP contribution >= 0.6 is 11.3 Å². The first-order valence-electron chi connectivity index (χ1n) is 6.14. The van der Waals surface area contributed by atoms with Gasteiger partial charge in [-0.15, -0.1) is 0 Å². The summed E-state index contributed by atoms with van der Waals surface area (Å²) in [7, 11) is 0. The highest BCUT2D eigenvalue weighted by Crippen LogP contribution is 2.28. The van der Waals surface area contributed by atoms with E-state index in [1.54, 1.807) is 0 Å². The van der Waals surface area contributed by atoms with Gasteiger partial charge in [0.25, 0.3) is 5.91 Å². The number of hydrogen-bond donors (Lipinski definition) is 1. The Labute approximate surface area is 119 Å². The van der Waals surface area contributed by atoms with E-state index in [9.17, 15) is 19.7 Å². The summed E-state index contributed by atoms with van der Waals surface area (Å²) in [4.78, 5) is 35.2. The highest BCUT2D eigenvalue weighted by atomic mass is 32.1. The number of piperidine rings is 1. The molecule has 20 heavy (non-hydrogen) atoms. The van der Waals surface area contributed by atoms with E-state index in [1.165, 1.54) is 17.0 Å². The molecule has 1 aliphatic heterocycles. The van der Waals surface area contributed by atoms with Gasteiger partial charge in [-0.1, -0.05) is 18.3 Å². The van der Waals surface area contributed by atoms with Crippen molar-refractivity contribution in [3.8, 4) is 0 Å². The normalized spacial score (nSPS) is 22.6. The summed E-state index contributed by atoms with van der Waals surface area (Å²) < 4.78 is 0. The fraction of sp³-hybridized carbons (Fsp3) is 0.500. The molecule has 2 rings (SSSR count). The molecule has 1 saturated heterocycles. The molecule has 1 aliphatic rings. The van der Waals surface area contributed by atoms with Crippen LogP contribution in [0.2, 0.25) is 0 Å². The fourth-order valence-electron chi connectivity index (χ4n) is 2.39. The van der Waals surface area contributed by atoms with Crippen LogP contribution < -0.4 is 0 Å². The molecule has 1 N–H and O–H groups in total. The Kier molecular flexibility index (Phi) is 4.03. The number of carbonyl (C=O) groups is 2. The Bertz CT molecular complexity index is 556. The molecular weight excluding hydrogens is 284 g/mol. The van der Waals surface area contributed by atoms with Crippen LogP contribution in [0.25, 0.3) is 0 Å². The molecule has 1 amide bonds. The van der Waals surface area contributed by atoms with E-state index in [0.29, 0.717) is 13.0 Å². The average Bonchev–Trinajstić information content (AvgIpc) is 2.86. The van der Waals surface area contributed by atoms with Crippen LogP contribution in [0.15, 0.2) is 12.1 Å². The Balaban J connectivity index is 2.14. The van der Waals surface area contributed by atoms with Gasteiger partial charge in [-0.3, -0.25) is 19.7 Å². The lowest BCUT2D eigenvalue weighted by Gasteiger charge is -2.34. The van der Waals surface area contributed by atoms with Crippen molar-refractivity contribution in [2.45, 2.75) is 13.3 Å². The van der Waals surface area contributed by atoms with Crippen molar-refractivity contribution in [1.82, 2.24) is 4.90 Å². The number of amides is 1. The molecule has 8 heteroatoms. The highest BCUT2D eigenvalue weighted by molar-refractivity contribution is 7.17. The van der Waals surface area contributed by atoms with E-state index >= 15 is 0 Å². The van der Waals surface area contributed by atoms with Crippen LogP contribution in [-0.4, -0.2) is 39.9 Å². The highest BCUT2D eigenvalue weighted by Gasteiger charge is 2.33. The molecule has 0 bridgehead atoms. The van der Waals surface area contributed by atoms with Crippen molar-refractivity contribution in [2.24, 2.45) is 11.8 Å². The van der Waals surface area contributed by atoms with Crippen molar-refractivity contribution in [3.63, 3.8) is 0 Å². The molecular formula is C12H14N2O5S. The van der Waals surface area contributed by atoms with Crippen LogP contribution in [0.4, 0.5) is 5.00 Å². The third-order valence-corrected chi connectivity index (χ3v) is 4.30. The predicted octanol–water partition coefficient (Wildman–Crippen LogP) is 1.84. The molecule has 0 aliphatic carbocycles. The van der Waals surface area contributed by atoms with Crippen molar-refractivity contribution >= 4 is 28.2 Å². The number of nitro groups is 1. The van der Waals surface area contributed by atoms with Crippen LogP contribution in [-0.2, 0) is 4.79 Å². The van der Waals surface area contributed by atoms with E-state index in [1.807, 2.05) is 6.92 Å². The molecule has 7 nitrogen and oxygen atoms in total. The lowest BCUT2D eigenvalue weighted by atomic mass is 9.90. The molecule has 1 aromatic heterocycles. The minimum atomic E-state index is -0.911. The van der Waals surface area contributed by atoms with Gasteiger partial charge in [-0.25, -0.2) is 0 Å². The Morgan fingerprint density at radius 1 is 1.45 bits per heavy atom. The van der Waals surface area contributed by atoms with Crippen LogP contribution in [0.5, 0.6) is 0 Å². The molecule has 0 spiro atoms. The monoisotopic (exact) mass is 298 g/mol. The predicted molar refractivity (Wildman–Crippen MR) is 71.8 cm³/mol. The van der Waals surface area contributed by atoms with Gasteiger partial charge in [0.15, 0.2) is 0 Å². The molecule has 108 valence electrons. The number of carbonyl (C=O) groups excluding carboxylic acids is 1. The summed E-state index contributed by atoms with van der Waals surface area (Å²) in [5.41, 5.74) is 0. The number of carboxylic acids is 1. The number of carboxylic acid groups (broad SMARTS) is 1. The van der Waals surface area contributed by atoms with Crippen LogP contribution in [0, 0.1) is 22.0 Å². The summed E-state index contributed by atoms with van der Waals surface area (Å²) in [6.07, 6.45) is 0.545. The zero-order valence-electron chi connectivity index (χ0n) is 10.8. The maximum atomic E-state index is 12.3. The minimum absolute atomic E-state index is 0.0896. The smallest absolute Gasteiger partial charge is 0.324 e. The first-order chi connectivity index (χ1) is 9.38. The summed E-state index contributed by atoms with van der Waals surface area (Å²) in [6.45, 7) is 2.53. The molecule has 0 radical (unpaired) electrons. The van der Waals surface area contributed by atoms with Crippen molar-refractivity contribution in [3.05, 3.63) is 27.1 Å². The fourth-order valence-corrected chi connectivity index (χ4v) is 3.18. The first kappa shape index (κ1) is 14.4. The maximum Gasteiger partial charge on any atom is 0.324 e. The van der Waals surface area contributed by atoms with Crippen LogP contribution in [0.1, 0.15) is 23.0 Å². The van der Waals surface area contributed by atoms with Gasteiger partial charge in [-0.05, 0) is 18.4 Å². The van der Waals surface area contributed by atoms with E-state index < -0.39 is 16.8 Å². The minimum Gasteiger partial charge on any atom is -0.481 e. The van der Waals surface area contributed by atoms with Gasteiger partial charge in [0.05, 0.1) is 15.7 Å². The molecule has 0 saturated carbocycles. The molecule has 2 atom stereocenters. The topological polar surface area (TPSA) is 101 Å². The lowest BCUT2D eigenvalue weighted by molar-refractivity contribution is -0.380. The van der Waals surface area contributed by atoms with Crippen LogP contribution in [0.3, 0.4) is 0 Å².